The third kappa shape index (κ3) is 4.82. The van der Waals surface area contributed by atoms with E-state index in [9.17, 15) is 5.11 Å². The third-order valence-corrected chi connectivity index (χ3v) is 4.86. The number of hydrogen-bond donors (Lipinski definition) is 1. The Morgan fingerprint density at radius 1 is 1.12 bits per heavy atom. The molecule has 2 aromatic rings. The van der Waals surface area contributed by atoms with E-state index in [0.29, 0.717) is 18.1 Å². The molecule has 0 bridgehead atoms. The summed E-state index contributed by atoms with van der Waals surface area (Å²) in [6.45, 7) is 3.44. The Bertz CT molecular complexity index is 703. The largest absolute Gasteiger partial charge is 0.492 e. The number of benzene rings is 2. The molecular formula is C21H24N2O2. The second-order valence-corrected chi connectivity index (χ2v) is 6.52. The van der Waals surface area contributed by atoms with E-state index >= 15 is 0 Å². The van der Waals surface area contributed by atoms with Crippen molar-refractivity contribution < 1.29 is 9.84 Å². The zero-order valence-electron chi connectivity index (χ0n) is 14.3. The molecule has 130 valence electrons. The molecule has 1 saturated heterocycles. The number of aliphatic hydroxyl groups is 1. The molecule has 4 heteroatoms. The van der Waals surface area contributed by atoms with E-state index in [1.54, 1.807) is 12.1 Å². The standard InChI is InChI=1S/C21H24N2O2/c22-16-17-5-4-8-20(15-17)25-14-13-23-11-9-19(10-12-23)21(24)18-6-2-1-3-7-18/h1-8,15,19,21,24H,9-14H2. The zero-order chi connectivity index (χ0) is 17.5. The summed E-state index contributed by atoms with van der Waals surface area (Å²) in [5.74, 6) is 1.07. The monoisotopic (exact) mass is 336 g/mol. The van der Waals surface area contributed by atoms with Crippen molar-refractivity contribution in [3.63, 3.8) is 0 Å². The SMILES string of the molecule is N#Cc1cccc(OCCN2CCC(C(O)c3ccccc3)CC2)c1. The topological polar surface area (TPSA) is 56.5 Å². The highest BCUT2D eigenvalue weighted by Crippen LogP contribution is 2.30. The Hall–Kier alpha value is -2.35. The van der Waals surface area contributed by atoms with Crippen LogP contribution in [-0.4, -0.2) is 36.2 Å². The van der Waals surface area contributed by atoms with Crippen molar-refractivity contribution in [3.05, 3.63) is 65.7 Å². The highest BCUT2D eigenvalue weighted by atomic mass is 16.5. The van der Waals surface area contributed by atoms with E-state index in [2.05, 4.69) is 11.0 Å². The number of aliphatic hydroxyl groups excluding tert-OH is 1. The molecule has 0 saturated carbocycles. The lowest BCUT2D eigenvalue weighted by molar-refractivity contribution is 0.0550. The summed E-state index contributed by atoms with van der Waals surface area (Å²) >= 11 is 0. The van der Waals surface area contributed by atoms with Crippen molar-refractivity contribution in [2.75, 3.05) is 26.2 Å². The average Bonchev–Trinajstić information content (AvgIpc) is 2.69. The maximum atomic E-state index is 10.5. The fourth-order valence-corrected chi connectivity index (χ4v) is 3.36. The maximum Gasteiger partial charge on any atom is 0.120 e. The Labute approximate surface area is 149 Å². The Morgan fingerprint density at radius 2 is 1.88 bits per heavy atom. The summed E-state index contributed by atoms with van der Waals surface area (Å²) in [5.41, 5.74) is 1.63. The molecule has 1 aliphatic rings. The maximum absolute atomic E-state index is 10.5. The Balaban J connectivity index is 1.41. The lowest BCUT2D eigenvalue weighted by atomic mass is 9.87. The van der Waals surface area contributed by atoms with E-state index in [4.69, 9.17) is 10.00 Å². The zero-order valence-corrected chi connectivity index (χ0v) is 14.3. The van der Waals surface area contributed by atoms with Gasteiger partial charge in [-0.1, -0.05) is 36.4 Å². The van der Waals surface area contributed by atoms with Crippen LogP contribution in [0.1, 0.15) is 30.1 Å². The first kappa shape index (κ1) is 17.5. The molecule has 0 amide bonds. The second-order valence-electron chi connectivity index (χ2n) is 6.52. The molecule has 1 unspecified atom stereocenters. The number of ether oxygens (including phenoxy) is 1. The fraction of sp³-hybridized carbons (Fsp3) is 0.381. The number of nitriles is 1. The molecule has 25 heavy (non-hydrogen) atoms. The molecule has 0 spiro atoms. The molecule has 3 rings (SSSR count). The van der Waals surface area contributed by atoms with Crippen LogP contribution < -0.4 is 4.74 Å². The predicted octanol–water partition coefficient (Wildman–Crippen LogP) is 3.38. The lowest BCUT2D eigenvalue weighted by Gasteiger charge is -2.34. The van der Waals surface area contributed by atoms with Gasteiger partial charge in [-0.25, -0.2) is 0 Å². The number of rotatable bonds is 6. The second kappa shape index (κ2) is 8.66. The van der Waals surface area contributed by atoms with E-state index in [0.717, 1.165) is 43.8 Å². The van der Waals surface area contributed by atoms with E-state index < -0.39 is 0 Å². The van der Waals surface area contributed by atoms with Crippen LogP contribution in [0.25, 0.3) is 0 Å². The van der Waals surface area contributed by atoms with E-state index in [1.165, 1.54) is 0 Å². The Kier molecular flexibility index (Phi) is 6.05. The van der Waals surface area contributed by atoms with Crippen LogP contribution in [0.3, 0.4) is 0 Å². The smallest absolute Gasteiger partial charge is 0.120 e. The molecule has 0 aliphatic carbocycles. The lowest BCUT2D eigenvalue weighted by Crippen LogP contribution is -2.38. The number of likely N-dealkylation sites (tertiary alicyclic amines) is 1. The first-order chi connectivity index (χ1) is 12.3. The third-order valence-electron chi connectivity index (χ3n) is 4.86. The number of piperidine rings is 1. The van der Waals surface area contributed by atoms with Gasteiger partial charge in [0.25, 0.3) is 0 Å². The summed E-state index contributed by atoms with van der Waals surface area (Å²) in [4.78, 5) is 2.38. The van der Waals surface area contributed by atoms with Gasteiger partial charge >= 0.3 is 0 Å². The quantitative estimate of drug-likeness (QED) is 0.878. The van der Waals surface area contributed by atoms with Gasteiger partial charge in [-0.15, -0.1) is 0 Å². The number of hydrogen-bond acceptors (Lipinski definition) is 4. The van der Waals surface area contributed by atoms with Crippen LogP contribution in [0.2, 0.25) is 0 Å². The predicted molar refractivity (Wildman–Crippen MR) is 97.2 cm³/mol. The average molecular weight is 336 g/mol. The van der Waals surface area contributed by atoms with Crippen molar-refractivity contribution >= 4 is 0 Å². The summed E-state index contributed by atoms with van der Waals surface area (Å²) < 4.78 is 5.75. The van der Waals surface area contributed by atoms with Crippen LogP contribution >= 0.6 is 0 Å². The van der Waals surface area contributed by atoms with Crippen LogP contribution in [0, 0.1) is 17.2 Å². The van der Waals surface area contributed by atoms with Crippen LogP contribution in [0.4, 0.5) is 0 Å². The fourth-order valence-electron chi connectivity index (χ4n) is 3.36. The van der Waals surface area contributed by atoms with Gasteiger partial charge in [0.15, 0.2) is 0 Å². The normalized spacial score (nSPS) is 17.0. The summed E-state index contributed by atoms with van der Waals surface area (Å²) in [5, 5.41) is 19.4. The highest BCUT2D eigenvalue weighted by molar-refractivity contribution is 5.36. The van der Waals surface area contributed by atoms with Gasteiger partial charge in [0.2, 0.25) is 0 Å². The molecule has 1 N–H and O–H groups in total. The van der Waals surface area contributed by atoms with Gasteiger partial charge in [0.1, 0.15) is 12.4 Å². The van der Waals surface area contributed by atoms with Crippen molar-refractivity contribution in [1.29, 1.82) is 5.26 Å². The van der Waals surface area contributed by atoms with Crippen molar-refractivity contribution in [3.8, 4) is 11.8 Å². The summed E-state index contributed by atoms with van der Waals surface area (Å²) in [6, 6.07) is 19.3. The highest BCUT2D eigenvalue weighted by Gasteiger charge is 2.25. The van der Waals surface area contributed by atoms with E-state index in [-0.39, 0.29) is 6.10 Å². The molecular weight excluding hydrogens is 312 g/mol. The van der Waals surface area contributed by atoms with Crippen molar-refractivity contribution in [2.24, 2.45) is 5.92 Å². The van der Waals surface area contributed by atoms with Crippen LogP contribution in [0.5, 0.6) is 5.75 Å². The van der Waals surface area contributed by atoms with Gasteiger partial charge in [0, 0.05) is 6.54 Å². The van der Waals surface area contributed by atoms with Gasteiger partial charge in [-0.3, -0.25) is 4.90 Å². The first-order valence-corrected chi connectivity index (χ1v) is 8.84. The van der Waals surface area contributed by atoms with Crippen LogP contribution in [0.15, 0.2) is 54.6 Å². The van der Waals surface area contributed by atoms with E-state index in [1.807, 2.05) is 42.5 Å². The molecule has 0 aromatic heterocycles. The minimum atomic E-state index is -0.367. The molecule has 1 atom stereocenters. The molecule has 0 radical (unpaired) electrons. The number of nitrogens with zero attached hydrogens (tertiary/aromatic N) is 2. The molecule has 1 fully saturated rings. The van der Waals surface area contributed by atoms with Gasteiger partial charge in [-0.2, -0.15) is 5.26 Å². The molecule has 2 aromatic carbocycles. The molecule has 1 heterocycles. The van der Waals surface area contributed by atoms with Gasteiger partial charge in [-0.05, 0) is 55.6 Å². The minimum Gasteiger partial charge on any atom is -0.492 e. The van der Waals surface area contributed by atoms with Gasteiger partial charge in [0.05, 0.1) is 17.7 Å². The van der Waals surface area contributed by atoms with Crippen molar-refractivity contribution in [2.45, 2.75) is 18.9 Å². The summed E-state index contributed by atoms with van der Waals surface area (Å²) in [7, 11) is 0. The molecule has 1 aliphatic heterocycles. The van der Waals surface area contributed by atoms with Gasteiger partial charge < -0.3 is 9.84 Å². The Morgan fingerprint density at radius 3 is 2.60 bits per heavy atom. The minimum absolute atomic E-state index is 0.326. The first-order valence-electron chi connectivity index (χ1n) is 8.84. The van der Waals surface area contributed by atoms with Crippen LogP contribution in [-0.2, 0) is 0 Å². The van der Waals surface area contributed by atoms with Crippen molar-refractivity contribution in [1.82, 2.24) is 4.90 Å². The summed E-state index contributed by atoms with van der Waals surface area (Å²) in [6.07, 6.45) is 1.63. The molecule has 4 nitrogen and oxygen atoms in total.